The molecule has 0 saturated carbocycles. The van der Waals surface area contributed by atoms with Crippen LogP contribution in [0.3, 0.4) is 0 Å². The Hall–Kier alpha value is -1.55. The Kier molecular flexibility index (Phi) is 4.04. The summed E-state index contributed by atoms with van der Waals surface area (Å²) in [7, 11) is 0. The van der Waals surface area contributed by atoms with Gasteiger partial charge in [0, 0.05) is 6.42 Å². The third kappa shape index (κ3) is 2.96. The molecule has 0 heterocycles. The van der Waals surface area contributed by atoms with Crippen LogP contribution in [0.2, 0.25) is 0 Å². The molecule has 1 aromatic carbocycles. The monoisotopic (exact) mass is 282 g/mol. The highest BCUT2D eigenvalue weighted by Crippen LogP contribution is 2.42. The van der Waals surface area contributed by atoms with Crippen LogP contribution in [-0.2, 0) is 4.74 Å². The van der Waals surface area contributed by atoms with E-state index in [-0.39, 0.29) is 6.42 Å². The van der Waals surface area contributed by atoms with Crippen LogP contribution < -0.4 is 0 Å². The molecule has 0 aliphatic heterocycles. The Morgan fingerprint density at radius 1 is 1.15 bits per heavy atom. The van der Waals surface area contributed by atoms with Crippen LogP contribution in [0, 0.1) is 0 Å². The van der Waals surface area contributed by atoms with Crippen molar-refractivity contribution in [2.24, 2.45) is 0 Å². The number of halogens is 3. The molecule has 1 unspecified atom stereocenters. The number of ether oxygens (including phenoxy) is 1. The Labute approximate surface area is 116 Å². The molecule has 1 nitrogen and oxygen atoms in total. The smallest absolute Gasteiger partial charge is 0.358 e. The van der Waals surface area contributed by atoms with Crippen molar-refractivity contribution in [2.45, 2.75) is 38.1 Å². The summed E-state index contributed by atoms with van der Waals surface area (Å²) >= 11 is 0. The van der Waals surface area contributed by atoms with Crippen molar-refractivity contribution in [3.05, 3.63) is 54.1 Å². The van der Waals surface area contributed by atoms with Crippen molar-refractivity contribution in [1.29, 1.82) is 0 Å². The van der Waals surface area contributed by atoms with Gasteiger partial charge in [-0.2, -0.15) is 13.2 Å². The van der Waals surface area contributed by atoms with E-state index in [0.717, 1.165) is 17.2 Å². The number of rotatable bonds is 3. The summed E-state index contributed by atoms with van der Waals surface area (Å²) in [5, 5.41) is 0. The summed E-state index contributed by atoms with van der Waals surface area (Å²) in [6, 6.07) is 9.35. The maximum absolute atomic E-state index is 13.3. The number of benzene rings is 1. The molecule has 0 saturated heterocycles. The van der Waals surface area contributed by atoms with Crippen molar-refractivity contribution < 1.29 is 17.9 Å². The number of allylic oxidation sites excluding steroid dienone is 2. The van der Waals surface area contributed by atoms with Gasteiger partial charge in [-0.15, -0.1) is 0 Å². The van der Waals surface area contributed by atoms with E-state index in [1.165, 1.54) is 6.08 Å². The third-order valence-electron chi connectivity index (χ3n) is 3.19. The molecule has 0 fully saturated rings. The van der Waals surface area contributed by atoms with Gasteiger partial charge in [-0.25, -0.2) is 0 Å². The van der Waals surface area contributed by atoms with E-state index in [1.54, 1.807) is 19.9 Å². The van der Waals surface area contributed by atoms with Crippen LogP contribution >= 0.6 is 0 Å². The minimum absolute atomic E-state index is 0.199. The Morgan fingerprint density at radius 2 is 1.80 bits per heavy atom. The summed E-state index contributed by atoms with van der Waals surface area (Å²) in [5.41, 5.74) is -0.513. The van der Waals surface area contributed by atoms with Gasteiger partial charge in [0.1, 0.15) is 0 Å². The summed E-state index contributed by atoms with van der Waals surface area (Å²) in [5.74, 6) is 0. The first-order valence-electron chi connectivity index (χ1n) is 6.53. The Balaban J connectivity index is 2.27. The van der Waals surface area contributed by atoms with Gasteiger partial charge in [-0.05, 0) is 31.1 Å². The quantitative estimate of drug-likeness (QED) is 0.777. The highest BCUT2D eigenvalue weighted by molar-refractivity contribution is 5.75. The molecular formula is C16H17F3O. The van der Waals surface area contributed by atoms with E-state index in [2.05, 4.69) is 0 Å². The lowest BCUT2D eigenvalue weighted by Crippen LogP contribution is -2.47. The summed E-state index contributed by atoms with van der Waals surface area (Å²) in [4.78, 5) is 0. The highest BCUT2D eigenvalue weighted by Gasteiger charge is 2.54. The average Bonchev–Trinajstić information content (AvgIpc) is 2.38. The summed E-state index contributed by atoms with van der Waals surface area (Å²) < 4.78 is 45.0. The molecule has 0 N–H and O–H groups in total. The minimum atomic E-state index is -4.42. The second-order valence-corrected chi connectivity index (χ2v) is 5.12. The fourth-order valence-corrected chi connectivity index (χ4v) is 2.25. The van der Waals surface area contributed by atoms with E-state index in [0.29, 0.717) is 0 Å². The number of hydrogen-bond acceptors (Lipinski definition) is 1. The normalized spacial score (nSPS) is 23.0. The zero-order valence-electron chi connectivity index (χ0n) is 11.4. The lowest BCUT2D eigenvalue weighted by molar-refractivity contribution is -0.266. The van der Waals surface area contributed by atoms with Gasteiger partial charge in [0.2, 0.25) is 0 Å². The predicted molar refractivity (Wildman–Crippen MR) is 73.2 cm³/mol. The van der Waals surface area contributed by atoms with Crippen molar-refractivity contribution >= 4 is 5.57 Å². The standard InChI is InChI=1S/C16H17F3O/c1-12(2)20-15(16(17,18)19)10-8-14(9-11-15)13-6-4-3-5-7-13/h3-10,12H,11H2,1-2H3. The second kappa shape index (κ2) is 5.44. The van der Waals surface area contributed by atoms with Gasteiger partial charge in [0.15, 0.2) is 5.60 Å². The van der Waals surface area contributed by atoms with E-state index in [4.69, 9.17) is 4.74 Å². The third-order valence-corrected chi connectivity index (χ3v) is 3.19. The molecule has 0 bridgehead atoms. The first-order valence-corrected chi connectivity index (χ1v) is 6.53. The van der Waals surface area contributed by atoms with E-state index in [1.807, 2.05) is 30.3 Å². The first-order chi connectivity index (χ1) is 9.34. The molecule has 1 atom stereocenters. The van der Waals surface area contributed by atoms with Crippen LogP contribution in [0.4, 0.5) is 13.2 Å². The van der Waals surface area contributed by atoms with Crippen molar-refractivity contribution in [3.8, 4) is 0 Å². The maximum Gasteiger partial charge on any atom is 0.421 e. The molecule has 0 spiro atoms. The van der Waals surface area contributed by atoms with Gasteiger partial charge in [-0.1, -0.05) is 42.5 Å². The first kappa shape index (κ1) is 14.9. The molecule has 2 rings (SSSR count). The van der Waals surface area contributed by atoms with Crippen LogP contribution in [0.1, 0.15) is 25.8 Å². The highest BCUT2D eigenvalue weighted by atomic mass is 19.4. The lowest BCUT2D eigenvalue weighted by atomic mass is 9.88. The fourth-order valence-electron chi connectivity index (χ4n) is 2.25. The molecule has 0 radical (unpaired) electrons. The number of alkyl halides is 3. The maximum atomic E-state index is 13.3. The fraction of sp³-hybridized carbons (Fsp3) is 0.375. The van der Waals surface area contributed by atoms with E-state index >= 15 is 0 Å². The topological polar surface area (TPSA) is 9.23 Å². The SMILES string of the molecule is CC(C)OC1(C(F)(F)F)C=CC(c2ccccc2)=CC1. The molecule has 4 heteroatoms. The van der Waals surface area contributed by atoms with E-state index in [9.17, 15) is 13.2 Å². The molecule has 0 amide bonds. The Morgan fingerprint density at radius 3 is 2.25 bits per heavy atom. The minimum Gasteiger partial charge on any atom is -0.358 e. The largest absolute Gasteiger partial charge is 0.421 e. The van der Waals surface area contributed by atoms with Gasteiger partial charge in [0.05, 0.1) is 6.10 Å². The lowest BCUT2D eigenvalue weighted by Gasteiger charge is -2.36. The Bertz CT molecular complexity index is 514. The van der Waals surface area contributed by atoms with Crippen LogP contribution in [0.15, 0.2) is 48.6 Å². The van der Waals surface area contributed by atoms with Crippen molar-refractivity contribution in [2.75, 3.05) is 0 Å². The number of hydrogen-bond donors (Lipinski definition) is 0. The van der Waals surface area contributed by atoms with Crippen molar-refractivity contribution in [3.63, 3.8) is 0 Å². The molecule has 1 aromatic rings. The zero-order valence-corrected chi connectivity index (χ0v) is 11.4. The average molecular weight is 282 g/mol. The zero-order chi connectivity index (χ0) is 14.8. The second-order valence-electron chi connectivity index (χ2n) is 5.12. The molecule has 1 aliphatic rings. The van der Waals surface area contributed by atoms with Gasteiger partial charge in [0.25, 0.3) is 0 Å². The predicted octanol–water partition coefficient (Wildman–Crippen LogP) is 4.76. The molecular weight excluding hydrogens is 265 g/mol. The van der Waals surface area contributed by atoms with Crippen LogP contribution in [0.25, 0.3) is 5.57 Å². The van der Waals surface area contributed by atoms with Gasteiger partial charge in [-0.3, -0.25) is 0 Å². The van der Waals surface area contributed by atoms with E-state index < -0.39 is 17.9 Å². The molecule has 20 heavy (non-hydrogen) atoms. The molecule has 108 valence electrons. The van der Waals surface area contributed by atoms with Gasteiger partial charge >= 0.3 is 6.18 Å². The van der Waals surface area contributed by atoms with Crippen LogP contribution in [-0.4, -0.2) is 17.9 Å². The van der Waals surface area contributed by atoms with Crippen molar-refractivity contribution in [1.82, 2.24) is 0 Å². The molecule has 0 aromatic heterocycles. The van der Waals surface area contributed by atoms with Gasteiger partial charge < -0.3 is 4.74 Å². The summed E-state index contributed by atoms with van der Waals surface area (Å²) in [6.07, 6.45) is -0.898. The van der Waals surface area contributed by atoms with Crippen LogP contribution in [0.5, 0.6) is 0 Å². The summed E-state index contributed by atoms with van der Waals surface area (Å²) in [6.45, 7) is 3.22. The molecule has 1 aliphatic carbocycles.